The van der Waals surface area contributed by atoms with Crippen LogP contribution in [0.4, 0.5) is 0 Å². The molecule has 1 unspecified atom stereocenters. The fraction of sp³-hybridized carbons (Fsp3) is 0.538. The second-order valence-electron chi connectivity index (χ2n) is 4.08. The highest BCUT2D eigenvalue weighted by atomic mass is 16.5. The van der Waals surface area contributed by atoms with E-state index in [-0.39, 0.29) is 0 Å². The average Bonchev–Trinajstić information content (AvgIpc) is 2.36. The van der Waals surface area contributed by atoms with Gasteiger partial charge in [-0.3, -0.25) is 0 Å². The molecule has 17 heavy (non-hydrogen) atoms. The number of nitrogens with two attached hydrogens (primary N) is 1. The maximum atomic E-state index is 5.51. The van der Waals surface area contributed by atoms with E-state index >= 15 is 0 Å². The van der Waals surface area contributed by atoms with Crippen LogP contribution in [0.3, 0.4) is 0 Å². The molecule has 0 aliphatic rings. The van der Waals surface area contributed by atoms with Crippen molar-refractivity contribution >= 4 is 0 Å². The van der Waals surface area contributed by atoms with Crippen molar-refractivity contribution in [3.05, 3.63) is 23.8 Å². The summed E-state index contributed by atoms with van der Waals surface area (Å²) >= 11 is 0. The zero-order chi connectivity index (χ0) is 12.7. The van der Waals surface area contributed by atoms with Gasteiger partial charge >= 0.3 is 0 Å². The van der Waals surface area contributed by atoms with Crippen LogP contribution in [0, 0.1) is 0 Å². The molecule has 1 rings (SSSR count). The molecule has 0 aromatic heterocycles. The summed E-state index contributed by atoms with van der Waals surface area (Å²) in [5, 5.41) is 3.41. The van der Waals surface area contributed by atoms with Gasteiger partial charge in [-0.2, -0.15) is 0 Å². The third kappa shape index (κ3) is 4.63. The van der Waals surface area contributed by atoms with Crippen LogP contribution in [0.1, 0.15) is 18.9 Å². The molecule has 0 bridgehead atoms. The predicted octanol–water partition coefficient (Wildman–Crippen LogP) is 1.53. The molecule has 0 saturated carbocycles. The summed E-state index contributed by atoms with van der Waals surface area (Å²) in [5.74, 6) is 1.63. The summed E-state index contributed by atoms with van der Waals surface area (Å²) < 4.78 is 10.4. The van der Waals surface area contributed by atoms with Crippen LogP contribution in [0.5, 0.6) is 11.5 Å². The first-order chi connectivity index (χ1) is 8.19. The maximum Gasteiger partial charge on any atom is 0.122 e. The minimum absolute atomic E-state index is 0.414. The lowest BCUT2D eigenvalue weighted by Gasteiger charge is -2.14. The fourth-order valence-corrected chi connectivity index (χ4v) is 1.61. The molecule has 3 N–H and O–H groups in total. The van der Waals surface area contributed by atoms with Crippen LogP contribution in [0.2, 0.25) is 0 Å². The standard InChI is InChI=1S/C13H22N2O2/c1-10(4-5-14)15-9-11-6-12(16-2)8-13(7-11)17-3/h6-8,10,15H,4-5,9,14H2,1-3H3. The van der Waals surface area contributed by atoms with E-state index in [1.807, 2.05) is 18.2 Å². The van der Waals surface area contributed by atoms with Crippen LogP contribution < -0.4 is 20.5 Å². The maximum absolute atomic E-state index is 5.51. The number of rotatable bonds is 7. The zero-order valence-corrected chi connectivity index (χ0v) is 10.8. The minimum Gasteiger partial charge on any atom is -0.497 e. The lowest BCUT2D eigenvalue weighted by molar-refractivity contribution is 0.392. The first kappa shape index (κ1) is 13.8. The first-order valence-electron chi connectivity index (χ1n) is 5.85. The molecular weight excluding hydrogens is 216 g/mol. The van der Waals surface area contributed by atoms with Gasteiger partial charge in [-0.1, -0.05) is 0 Å². The van der Waals surface area contributed by atoms with E-state index in [0.717, 1.165) is 30.0 Å². The average molecular weight is 238 g/mol. The Bertz CT molecular complexity index is 320. The zero-order valence-electron chi connectivity index (χ0n) is 10.8. The molecular formula is C13H22N2O2. The van der Waals surface area contributed by atoms with Crippen LogP contribution in [-0.4, -0.2) is 26.8 Å². The molecule has 0 radical (unpaired) electrons. The van der Waals surface area contributed by atoms with Gasteiger partial charge in [-0.05, 0) is 37.6 Å². The third-order valence-corrected chi connectivity index (χ3v) is 2.67. The molecule has 0 spiro atoms. The molecule has 1 aromatic rings. The van der Waals surface area contributed by atoms with Crippen molar-refractivity contribution in [2.75, 3.05) is 20.8 Å². The highest BCUT2D eigenvalue weighted by molar-refractivity contribution is 5.38. The molecule has 4 heteroatoms. The third-order valence-electron chi connectivity index (χ3n) is 2.67. The van der Waals surface area contributed by atoms with Gasteiger partial charge in [0.2, 0.25) is 0 Å². The van der Waals surface area contributed by atoms with Crippen molar-refractivity contribution in [3.8, 4) is 11.5 Å². The van der Waals surface area contributed by atoms with Crippen molar-refractivity contribution in [3.63, 3.8) is 0 Å². The van der Waals surface area contributed by atoms with Gasteiger partial charge in [0.05, 0.1) is 14.2 Å². The Kier molecular flexibility index (Phi) is 5.80. The van der Waals surface area contributed by atoms with E-state index in [1.165, 1.54) is 0 Å². The summed E-state index contributed by atoms with van der Waals surface area (Å²) in [6.45, 7) is 3.62. The molecule has 0 heterocycles. The Morgan fingerprint density at radius 1 is 1.18 bits per heavy atom. The Morgan fingerprint density at radius 3 is 2.24 bits per heavy atom. The number of benzene rings is 1. The minimum atomic E-state index is 0.414. The molecule has 0 aliphatic carbocycles. The molecule has 0 saturated heterocycles. The Labute approximate surface area is 103 Å². The van der Waals surface area contributed by atoms with E-state index in [2.05, 4.69) is 12.2 Å². The lowest BCUT2D eigenvalue weighted by Crippen LogP contribution is -2.27. The predicted molar refractivity (Wildman–Crippen MR) is 69.5 cm³/mol. The number of methoxy groups -OCH3 is 2. The highest BCUT2D eigenvalue weighted by Gasteiger charge is 2.04. The molecule has 0 aliphatic heterocycles. The smallest absolute Gasteiger partial charge is 0.122 e. The van der Waals surface area contributed by atoms with Crippen LogP contribution in [-0.2, 0) is 6.54 Å². The normalized spacial score (nSPS) is 12.2. The van der Waals surface area contributed by atoms with Gasteiger partial charge in [0.25, 0.3) is 0 Å². The summed E-state index contributed by atoms with van der Waals surface area (Å²) in [6.07, 6.45) is 0.973. The van der Waals surface area contributed by atoms with E-state index in [9.17, 15) is 0 Å². The lowest BCUT2D eigenvalue weighted by atomic mass is 10.1. The monoisotopic (exact) mass is 238 g/mol. The molecule has 96 valence electrons. The quantitative estimate of drug-likeness (QED) is 0.756. The van der Waals surface area contributed by atoms with Crippen LogP contribution >= 0.6 is 0 Å². The topological polar surface area (TPSA) is 56.5 Å². The van der Waals surface area contributed by atoms with Crippen LogP contribution in [0.15, 0.2) is 18.2 Å². The molecule has 0 fully saturated rings. The summed E-state index contributed by atoms with van der Waals surface area (Å²) in [7, 11) is 3.31. The van der Waals surface area contributed by atoms with Crippen molar-refractivity contribution in [1.29, 1.82) is 0 Å². The first-order valence-corrected chi connectivity index (χ1v) is 5.85. The van der Waals surface area contributed by atoms with Crippen molar-refractivity contribution in [1.82, 2.24) is 5.32 Å². The molecule has 0 amide bonds. The molecule has 1 aromatic carbocycles. The Morgan fingerprint density at radius 2 is 1.76 bits per heavy atom. The van der Waals surface area contributed by atoms with Crippen molar-refractivity contribution in [2.24, 2.45) is 5.73 Å². The van der Waals surface area contributed by atoms with Gasteiger partial charge < -0.3 is 20.5 Å². The van der Waals surface area contributed by atoms with Crippen molar-refractivity contribution < 1.29 is 9.47 Å². The number of nitrogens with one attached hydrogen (secondary N) is 1. The second-order valence-corrected chi connectivity index (χ2v) is 4.08. The van der Waals surface area contributed by atoms with Gasteiger partial charge in [-0.15, -0.1) is 0 Å². The summed E-state index contributed by atoms with van der Waals surface area (Å²) in [6, 6.07) is 6.29. The van der Waals surface area contributed by atoms with Gasteiger partial charge in [0.1, 0.15) is 11.5 Å². The molecule has 1 atom stereocenters. The van der Waals surface area contributed by atoms with Gasteiger partial charge in [0.15, 0.2) is 0 Å². The van der Waals surface area contributed by atoms with E-state index in [4.69, 9.17) is 15.2 Å². The van der Waals surface area contributed by atoms with E-state index < -0.39 is 0 Å². The number of hydrogen-bond acceptors (Lipinski definition) is 4. The van der Waals surface area contributed by atoms with Crippen molar-refractivity contribution in [2.45, 2.75) is 25.9 Å². The van der Waals surface area contributed by atoms with E-state index in [0.29, 0.717) is 12.6 Å². The van der Waals surface area contributed by atoms with Gasteiger partial charge in [-0.25, -0.2) is 0 Å². The highest BCUT2D eigenvalue weighted by Crippen LogP contribution is 2.22. The molecule has 4 nitrogen and oxygen atoms in total. The fourth-order valence-electron chi connectivity index (χ4n) is 1.61. The summed E-state index contributed by atoms with van der Waals surface area (Å²) in [5.41, 5.74) is 6.65. The van der Waals surface area contributed by atoms with Gasteiger partial charge in [0, 0.05) is 18.7 Å². The largest absolute Gasteiger partial charge is 0.497 e. The van der Waals surface area contributed by atoms with E-state index in [1.54, 1.807) is 14.2 Å². The number of ether oxygens (including phenoxy) is 2. The Hall–Kier alpha value is -1.26. The van der Waals surface area contributed by atoms with Crippen LogP contribution in [0.25, 0.3) is 0 Å². The Balaban J connectivity index is 2.63. The summed E-state index contributed by atoms with van der Waals surface area (Å²) in [4.78, 5) is 0. The second kappa shape index (κ2) is 7.14. The SMILES string of the molecule is COc1cc(CNC(C)CCN)cc(OC)c1. The number of hydrogen-bond donors (Lipinski definition) is 2.